The Hall–Kier alpha value is -0.110. The normalized spacial score (nSPS) is 35.7. The highest BCUT2D eigenvalue weighted by atomic mass is 16.8. The summed E-state index contributed by atoms with van der Waals surface area (Å²) in [5, 5.41) is 0. The van der Waals surface area contributed by atoms with Gasteiger partial charge in [0.15, 0.2) is 0 Å². The summed E-state index contributed by atoms with van der Waals surface area (Å²) in [5.74, 6) is 0. The second kappa shape index (κ2) is 8.10. The predicted octanol–water partition coefficient (Wildman–Crippen LogP) is 3.75. The van der Waals surface area contributed by atoms with E-state index in [0.717, 1.165) is 0 Å². The Morgan fingerprint density at radius 1 is 0.538 bits per heavy atom. The van der Waals surface area contributed by atoms with Crippen LogP contribution in [-0.2, 0) is 27.9 Å². The zero-order valence-corrected chi connectivity index (χ0v) is 18.0. The molecule has 3 saturated heterocycles. The first-order valence-electron chi connectivity index (χ1n) is 9.75. The van der Waals surface area contributed by atoms with Gasteiger partial charge in [0, 0.05) is 18.3 Å². The van der Waals surface area contributed by atoms with Gasteiger partial charge in [0.1, 0.15) is 0 Å². The fraction of sp³-hybridized carbons (Fsp3) is 1.00. The van der Waals surface area contributed by atoms with Gasteiger partial charge in [-0.2, -0.15) is 0 Å². The van der Waals surface area contributed by atoms with Gasteiger partial charge in [-0.3, -0.25) is 0 Å². The van der Waals surface area contributed by atoms with Crippen molar-refractivity contribution < 1.29 is 27.9 Å². The molecule has 0 aromatic heterocycles. The van der Waals surface area contributed by atoms with Crippen LogP contribution in [0.25, 0.3) is 0 Å². The van der Waals surface area contributed by atoms with Crippen molar-refractivity contribution in [3.05, 3.63) is 0 Å². The van der Waals surface area contributed by atoms with Gasteiger partial charge in [0.25, 0.3) is 0 Å². The molecular formula is C18H36B2O6. The lowest BCUT2D eigenvalue weighted by molar-refractivity contribution is -0.109. The summed E-state index contributed by atoms with van der Waals surface area (Å²) >= 11 is 0. The van der Waals surface area contributed by atoms with Gasteiger partial charge in [-0.1, -0.05) is 0 Å². The molecule has 0 amide bonds. The molecule has 3 atom stereocenters. The maximum absolute atomic E-state index is 6.28. The van der Waals surface area contributed by atoms with Gasteiger partial charge < -0.3 is 27.9 Å². The fourth-order valence-electron chi connectivity index (χ4n) is 3.88. The third-order valence-corrected chi connectivity index (χ3v) is 4.61. The van der Waals surface area contributed by atoms with Gasteiger partial charge in [-0.15, -0.1) is 0 Å². The Morgan fingerprint density at radius 2 is 0.808 bits per heavy atom. The minimum Gasteiger partial charge on any atom is -0.383 e. The molecule has 0 aromatic carbocycles. The molecule has 2 bridgehead atoms. The first-order chi connectivity index (χ1) is 11.8. The minimum absolute atomic E-state index is 0.102. The topological polar surface area (TPSA) is 55.4 Å². The molecule has 6 nitrogen and oxygen atoms in total. The lowest BCUT2D eigenvalue weighted by Crippen LogP contribution is -2.52. The van der Waals surface area contributed by atoms with Crippen molar-refractivity contribution in [3.8, 4) is 0 Å². The molecule has 3 aliphatic rings. The van der Waals surface area contributed by atoms with E-state index in [9.17, 15) is 0 Å². The van der Waals surface area contributed by atoms with E-state index in [1.165, 1.54) is 0 Å². The van der Waals surface area contributed by atoms with E-state index < -0.39 is 31.4 Å². The van der Waals surface area contributed by atoms with Crippen LogP contribution in [0, 0.1) is 0 Å². The average Bonchev–Trinajstić information content (AvgIpc) is 2.30. The van der Waals surface area contributed by atoms with Crippen LogP contribution in [0.5, 0.6) is 0 Å². The third-order valence-electron chi connectivity index (χ3n) is 4.61. The second-order valence-corrected chi connectivity index (χ2v) is 9.66. The van der Waals surface area contributed by atoms with E-state index in [-0.39, 0.29) is 18.3 Å². The average molecular weight is 370 g/mol. The zero-order valence-electron chi connectivity index (χ0n) is 18.0. The molecule has 0 aromatic rings. The van der Waals surface area contributed by atoms with E-state index in [1.807, 2.05) is 62.3 Å². The van der Waals surface area contributed by atoms with Gasteiger partial charge >= 0.3 is 14.6 Å². The Labute approximate surface area is 159 Å². The van der Waals surface area contributed by atoms with Crippen molar-refractivity contribution in [2.24, 2.45) is 0 Å². The number of rotatable bonds is 0. The second-order valence-electron chi connectivity index (χ2n) is 9.66. The van der Waals surface area contributed by atoms with Crippen LogP contribution in [0.3, 0.4) is 0 Å². The first kappa shape index (κ1) is 22.2. The molecule has 3 fully saturated rings. The van der Waals surface area contributed by atoms with Crippen LogP contribution in [0.4, 0.5) is 0 Å². The Balaban J connectivity index is 2.41. The molecule has 0 saturated carbocycles. The molecule has 3 aliphatic heterocycles. The Kier molecular flexibility index (Phi) is 6.91. The molecule has 8 heteroatoms. The van der Waals surface area contributed by atoms with E-state index in [1.54, 1.807) is 0 Å². The maximum atomic E-state index is 6.28. The minimum atomic E-state index is -0.781. The standard InChI is InChI=1S/C18H36B2O6/c1-13-10-16(4,5)24-20-25-17(6,7)11-14(2)22-19(21-13)23-15(3)12-18(8,9)26-20/h13-15H,10-12H2,1-9H3. The highest BCUT2D eigenvalue weighted by Crippen LogP contribution is 2.31. The van der Waals surface area contributed by atoms with E-state index in [0.29, 0.717) is 19.3 Å². The summed E-state index contributed by atoms with van der Waals surface area (Å²) < 4.78 is 37.1. The van der Waals surface area contributed by atoms with E-state index in [2.05, 4.69) is 0 Å². The molecule has 0 N–H and O–H groups in total. The quantitative estimate of drug-likeness (QED) is 0.606. The summed E-state index contributed by atoms with van der Waals surface area (Å²) in [4.78, 5) is 0. The molecule has 3 unspecified atom stereocenters. The molecule has 0 spiro atoms. The number of fused-ring (bicyclic) bond motifs is 12. The Bertz CT molecular complexity index is 404. The van der Waals surface area contributed by atoms with Crippen molar-refractivity contribution in [2.45, 2.75) is 117 Å². The van der Waals surface area contributed by atoms with Crippen molar-refractivity contribution in [3.63, 3.8) is 0 Å². The van der Waals surface area contributed by atoms with Crippen LogP contribution in [-0.4, -0.2) is 49.8 Å². The molecule has 0 aliphatic carbocycles. The Morgan fingerprint density at radius 3 is 1.08 bits per heavy atom. The van der Waals surface area contributed by atoms with Crippen molar-refractivity contribution in [2.75, 3.05) is 0 Å². The van der Waals surface area contributed by atoms with Crippen LogP contribution in [0.15, 0.2) is 0 Å². The number of hydrogen-bond acceptors (Lipinski definition) is 6. The maximum Gasteiger partial charge on any atom is 0.640 e. The lowest BCUT2D eigenvalue weighted by atomic mass is 9.92. The van der Waals surface area contributed by atoms with Crippen LogP contribution < -0.4 is 0 Å². The zero-order chi connectivity index (χ0) is 19.8. The third kappa shape index (κ3) is 7.13. The van der Waals surface area contributed by atoms with Crippen molar-refractivity contribution in [1.82, 2.24) is 0 Å². The SMILES string of the molecule is CC1CC(C)(C)OB2OC(C)(C)CC(C)OB(O1)OC(C)CC(C)(C)O2. The molecule has 150 valence electrons. The summed E-state index contributed by atoms with van der Waals surface area (Å²) in [6.07, 6.45) is 1.66. The van der Waals surface area contributed by atoms with Crippen LogP contribution >= 0.6 is 0 Å². The number of hydrogen-bond donors (Lipinski definition) is 0. The predicted molar refractivity (Wildman–Crippen MR) is 102 cm³/mol. The van der Waals surface area contributed by atoms with Crippen molar-refractivity contribution in [1.29, 1.82) is 0 Å². The first-order valence-corrected chi connectivity index (χ1v) is 9.75. The smallest absolute Gasteiger partial charge is 0.383 e. The van der Waals surface area contributed by atoms with Gasteiger partial charge in [0.2, 0.25) is 0 Å². The monoisotopic (exact) mass is 370 g/mol. The van der Waals surface area contributed by atoms with E-state index >= 15 is 0 Å². The molecular weight excluding hydrogens is 334 g/mol. The highest BCUT2D eigenvalue weighted by Gasteiger charge is 2.44. The van der Waals surface area contributed by atoms with E-state index in [4.69, 9.17) is 27.9 Å². The van der Waals surface area contributed by atoms with Gasteiger partial charge in [0.05, 0.1) is 16.8 Å². The van der Waals surface area contributed by atoms with Gasteiger partial charge in [-0.25, -0.2) is 0 Å². The lowest BCUT2D eigenvalue weighted by Gasteiger charge is -2.41. The molecule has 3 rings (SSSR count). The summed E-state index contributed by atoms with van der Waals surface area (Å²) in [7, 11) is -1.51. The van der Waals surface area contributed by atoms with Crippen LogP contribution in [0.1, 0.15) is 81.6 Å². The van der Waals surface area contributed by atoms with Crippen LogP contribution in [0.2, 0.25) is 0 Å². The van der Waals surface area contributed by atoms with Crippen molar-refractivity contribution >= 4 is 14.6 Å². The fourth-order valence-corrected chi connectivity index (χ4v) is 3.88. The largest absolute Gasteiger partial charge is 0.640 e. The summed E-state index contributed by atoms with van der Waals surface area (Å²) in [5.41, 5.74) is -1.47. The summed E-state index contributed by atoms with van der Waals surface area (Å²) in [6.45, 7) is 18.1. The summed E-state index contributed by atoms with van der Waals surface area (Å²) in [6, 6.07) is 0. The highest BCUT2D eigenvalue weighted by molar-refractivity contribution is 6.37. The van der Waals surface area contributed by atoms with Gasteiger partial charge in [-0.05, 0) is 81.6 Å². The molecule has 0 radical (unpaired) electrons. The molecule has 26 heavy (non-hydrogen) atoms. The molecule has 3 heterocycles.